The maximum absolute atomic E-state index is 5.32. The molecule has 0 aliphatic carbocycles. The molecule has 3 aromatic rings. The first kappa shape index (κ1) is 18.3. The van der Waals surface area contributed by atoms with E-state index in [4.69, 9.17) is 14.7 Å². The SMILES string of the molecule is COCc1nc(N2CCCC(N(C)C)C2)c2c(-c3ccccc3)csc2n1. The Balaban J connectivity index is 1.84. The van der Waals surface area contributed by atoms with Crippen LogP contribution < -0.4 is 4.90 Å². The Morgan fingerprint density at radius 1 is 1.22 bits per heavy atom. The molecule has 27 heavy (non-hydrogen) atoms. The number of likely N-dealkylation sites (N-methyl/N-ethyl adjacent to an activating group) is 1. The predicted octanol–water partition coefficient (Wildman–Crippen LogP) is 4.04. The maximum Gasteiger partial charge on any atom is 0.158 e. The topological polar surface area (TPSA) is 41.5 Å². The van der Waals surface area contributed by atoms with Crippen LogP contribution in [0.1, 0.15) is 18.7 Å². The van der Waals surface area contributed by atoms with Gasteiger partial charge in [0.25, 0.3) is 0 Å². The van der Waals surface area contributed by atoms with E-state index in [2.05, 4.69) is 59.6 Å². The molecule has 1 unspecified atom stereocenters. The number of nitrogens with zero attached hydrogens (tertiary/aromatic N) is 4. The number of thiophene rings is 1. The van der Waals surface area contributed by atoms with Gasteiger partial charge in [-0.25, -0.2) is 9.97 Å². The first-order chi connectivity index (χ1) is 13.2. The zero-order valence-electron chi connectivity index (χ0n) is 16.2. The lowest BCUT2D eigenvalue weighted by molar-refractivity contribution is 0.178. The molecule has 4 rings (SSSR count). The van der Waals surface area contributed by atoms with Crippen molar-refractivity contribution >= 4 is 27.4 Å². The maximum atomic E-state index is 5.32. The summed E-state index contributed by atoms with van der Waals surface area (Å²) in [5.74, 6) is 1.81. The van der Waals surface area contributed by atoms with Gasteiger partial charge < -0.3 is 14.5 Å². The zero-order chi connectivity index (χ0) is 18.8. The monoisotopic (exact) mass is 382 g/mol. The molecule has 1 atom stereocenters. The van der Waals surface area contributed by atoms with E-state index in [0.29, 0.717) is 12.6 Å². The van der Waals surface area contributed by atoms with Gasteiger partial charge in [-0.15, -0.1) is 11.3 Å². The van der Waals surface area contributed by atoms with Crippen LogP contribution in [0.25, 0.3) is 21.3 Å². The summed E-state index contributed by atoms with van der Waals surface area (Å²) >= 11 is 1.69. The Kier molecular flexibility index (Phi) is 5.38. The number of rotatable bonds is 5. The summed E-state index contributed by atoms with van der Waals surface area (Å²) in [6, 6.07) is 11.1. The highest BCUT2D eigenvalue weighted by atomic mass is 32.1. The molecular formula is C21H26N4OS. The third-order valence-electron chi connectivity index (χ3n) is 5.25. The molecule has 3 heterocycles. The minimum absolute atomic E-state index is 0.437. The second-order valence-electron chi connectivity index (χ2n) is 7.30. The summed E-state index contributed by atoms with van der Waals surface area (Å²) in [4.78, 5) is 15.5. The van der Waals surface area contributed by atoms with Crippen molar-refractivity contribution in [2.45, 2.75) is 25.5 Å². The van der Waals surface area contributed by atoms with Crippen molar-refractivity contribution in [1.82, 2.24) is 14.9 Å². The van der Waals surface area contributed by atoms with Crippen LogP contribution in [0, 0.1) is 0 Å². The van der Waals surface area contributed by atoms with Gasteiger partial charge in [0.15, 0.2) is 5.82 Å². The zero-order valence-corrected chi connectivity index (χ0v) is 17.0. The Hall–Kier alpha value is -2.02. The molecule has 0 bridgehead atoms. The molecule has 0 spiro atoms. The lowest BCUT2D eigenvalue weighted by Crippen LogP contribution is -2.45. The van der Waals surface area contributed by atoms with Crippen LogP contribution in [0.3, 0.4) is 0 Å². The van der Waals surface area contributed by atoms with E-state index in [1.807, 2.05) is 0 Å². The van der Waals surface area contributed by atoms with Crippen molar-refractivity contribution in [3.05, 3.63) is 41.5 Å². The van der Waals surface area contributed by atoms with Gasteiger partial charge in [0.05, 0.1) is 5.39 Å². The fourth-order valence-corrected chi connectivity index (χ4v) is 4.75. The Morgan fingerprint density at radius 3 is 2.78 bits per heavy atom. The lowest BCUT2D eigenvalue weighted by Gasteiger charge is -2.37. The van der Waals surface area contributed by atoms with E-state index >= 15 is 0 Å². The van der Waals surface area contributed by atoms with Gasteiger partial charge in [0.2, 0.25) is 0 Å². The molecule has 0 radical (unpaired) electrons. The van der Waals surface area contributed by atoms with Crippen LogP contribution in [0.15, 0.2) is 35.7 Å². The second-order valence-corrected chi connectivity index (χ2v) is 8.16. The van der Waals surface area contributed by atoms with Gasteiger partial charge in [-0.2, -0.15) is 0 Å². The van der Waals surface area contributed by atoms with Gasteiger partial charge in [-0.3, -0.25) is 0 Å². The van der Waals surface area contributed by atoms with Crippen LogP contribution in [-0.2, 0) is 11.3 Å². The van der Waals surface area contributed by atoms with Crippen LogP contribution >= 0.6 is 11.3 Å². The fourth-order valence-electron chi connectivity index (χ4n) is 3.79. The van der Waals surface area contributed by atoms with Gasteiger partial charge in [-0.05, 0) is 32.5 Å². The summed E-state index contributed by atoms with van der Waals surface area (Å²) < 4.78 is 5.32. The predicted molar refractivity (Wildman–Crippen MR) is 112 cm³/mol. The molecule has 142 valence electrons. The highest BCUT2D eigenvalue weighted by Gasteiger charge is 2.26. The number of methoxy groups -OCH3 is 1. The van der Waals surface area contributed by atoms with Crippen LogP contribution in [0.4, 0.5) is 5.82 Å². The summed E-state index contributed by atoms with van der Waals surface area (Å²) in [6.07, 6.45) is 2.41. The quantitative estimate of drug-likeness (QED) is 0.666. The number of ether oxygens (including phenoxy) is 1. The van der Waals surface area contributed by atoms with Crippen molar-refractivity contribution in [3.8, 4) is 11.1 Å². The van der Waals surface area contributed by atoms with E-state index in [9.17, 15) is 0 Å². The highest BCUT2D eigenvalue weighted by Crippen LogP contribution is 2.39. The normalized spacial score (nSPS) is 17.8. The van der Waals surface area contributed by atoms with Gasteiger partial charge in [0, 0.05) is 37.2 Å². The summed E-state index contributed by atoms with van der Waals surface area (Å²) in [6.45, 7) is 2.47. The number of piperidine rings is 1. The van der Waals surface area contributed by atoms with Gasteiger partial charge >= 0.3 is 0 Å². The molecule has 1 fully saturated rings. The number of hydrogen-bond donors (Lipinski definition) is 0. The minimum atomic E-state index is 0.437. The molecule has 5 nitrogen and oxygen atoms in total. The Bertz CT molecular complexity index is 909. The highest BCUT2D eigenvalue weighted by molar-refractivity contribution is 7.17. The largest absolute Gasteiger partial charge is 0.377 e. The lowest BCUT2D eigenvalue weighted by atomic mass is 10.0. The first-order valence-corrected chi connectivity index (χ1v) is 10.3. The summed E-state index contributed by atoms with van der Waals surface area (Å²) in [7, 11) is 6.03. The molecular weight excluding hydrogens is 356 g/mol. The van der Waals surface area contributed by atoms with E-state index < -0.39 is 0 Å². The average Bonchev–Trinajstić information content (AvgIpc) is 3.12. The molecule has 0 amide bonds. The molecule has 6 heteroatoms. The first-order valence-electron chi connectivity index (χ1n) is 9.41. The number of aromatic nitrogens is 2. The van der Waals surface area contributed by atoms with Crippen LogP contribution in [0.2, 0.25) is 0 Å². The molecule has 2 aromatic heterocycles. The molecule has 0 N–H and O–H groups in total. The smallest absolute Gasteiger partial charge is 0.158 e. The molecule has 0 saturated carbocycles. The molecule has 1 aromatic carbocycles. The number of fused-ring (bicyclic) bond motifs is 1. The van der Waals surface area contributed by atoms with Gasteiger partial charge in [0.1, 0.15) is 17.3 Å². The molecule has 1 aliphatic rings. The van der Waals surface area contributed by atoms with Crippen molar-refractivity contribution in [1.29, 1.82) is 0 Å². The minimum Gasteiger partial charge on any atom is -0.377 e. The van der Waals surface area contributed by atoms with Crippen molar-refractivity contribution < 1.29 is 4.74 Å². The second kappa shape index (κ2) is 7.92. The Labute approximate surface area is 164 Å². The number of anilines is 1. The average molecular weight is 383 g/mol. The molecule has 1 aliphatic heterocycles. The van der Waals surface area contributed by atoms with Gasteiger partial charge in [-0.1, -0.05) is 30.3 Å². The van der Waals surface area contributed by atoms with E-state index in [-0.39, 0.29) is 0 Å². The van der Waals surface area contributed by atoms with Crippen molar-refractivity contribution in [3.63, 3.8) is 0 Å². The third-order valence-corrected chi connectivity index (χ3v) is 6.12. The summed E-state index contributed by atoms with van der Waals surface area (Å²) in [5.41, 5.74) is 2.44. The van der Waals surface area contributed by atoms with Crippen molar-refractivity contribution in [2.24, 2.45) is 0 Å². The van der Waals surface area contributed by atoms with Crippen LogP contribution in [0.5, 0.6) is 0 Å². The van der Waals surface area contributed by atoms with E-state index in [1.165, 1.54) is 29.4 Å². The van der Waals surface area contributed by atoms with E-state index in [1.54, 1.807) is 18.4 Å². The standard InChI is InChI=1S/C21H26N4OS/c1-24(2)16-10-7-11-25(12-16)20-19-17(15-8-5-4-6-9-15)14-27-21(19)23-18(22-20)13-26-3/h4-6,8-9,14,16H,7,10-13H2,1-3H3. The van der Waals surface area contributed by atoms with E-state index in [0.717, 1.165) is 29.6 Å². The van der Waals surface area contributed by atoms with Crippen LogP contribution in [-0.4, -0.2) is 55.2 Å². The molecule has 1 saturated heterocycles. The fraction of sp³-hybridized carbons (Fsp3) is 0.429. The number of hydrogen-bond acceptors (Lipinski definition) is 6. The number of benzene rings is 1. The van der Waals surface area contributed by atoms with Crippen molar-refractivity contribution in [2.75, 3.05) is 39.2 Å². The summed E-state index contributed by atoms with van der Waals surface area (Å²) in [5, 5.41) is 3.38. The third kappa shape index (κ3) is 3.70. The Morgan fingerprint density at radius 2 is 2.04 bits per heavy atom.